The van der Waals surface area contributed by atoms with E-state index in [4.69, 9.17) is 11.5 Å². The first kappa shape index (κ1) is 17.2. The average molecular weight is 337 g/mol. The lowest BCUT2D eigenvalue weighted by Gasteiger charge is -2.35. The van der Waals surface area contributed by atoms with Crippen LogP contribution in [-0.4, -0.2) is 35.1 Å². The first-order valence-corrected chi connectivity index (χ1v) is 10.2. The van der Waals surface area contributed by atoms with Crippen LogP contribution >= 0.6 is 11.3 Å². The minimum absolute atomic E-state index is 0.464. The molecule has 1 fully saturated rings. The van der Waals surface area contributed by atoms with Crippen LogP contribution in [0.5, 0.6) is 0 Å². The molecule has 23 heavy (non-hydrogen) atoms. The Balaban J connectivity index is 1.54. The van der Waals surface area contributed by atoms with Gasteiger partial charge in [-0.05, 0) is 76.8 Å². The van der Waals surface area contributed by atoms with Crippen molar-refractivity contribution in [3.05, 3.63) is 10.6 Å². The van der Waals surface area contributed by atoms with Gasteiger partial charge in [0, 0.05) is 17.0 Å². The van der Waals surface area contributed by atoms with Gasteiger partial charge in [0.2, 0.25) is 0 Å². The van der Waals surface area contributed by atoms with Crippen molar-refractivity contribution in [2.24, 2.45) is 11.7 Å². The molecule has 0 spiro atoms. The average Bonchev–Trinajstić information content (AvgIpc) is 2.92. The number of anilines is 1. The molecule has 1 aromatic rings. The molecule has 0 amide bonds. The maximum Gasteiger partial charge on any atom is 0.180 e. The molecule has 4 nitrogen and oxygen atoms in total. The molecule has 1 saturated carbocycles. The Labute approximate surface area is 144 Å². The number of hydrogen-bond donors (Lipinski definition) is 2. The molecule has 2 aliphatic rings. The van der Waals surface area contributed by atoms with E-state index in [0.717, 1.165) is 23.9 Å². The zero-order valence-electron chi connectivity index (χ0n) is 14.5. The van der Waals surface area contributed by atoms with Gasteiger partial charge in [0.15, 0.2) is 5.13 Å². The highest BCUT2D eigenvalue weighted by Gasteiger charge is 2.27. The number of aromatic nitrogens is 1. The van der Waals surface area contributed by atoms with Gasteiger partial charge in [-0.25, -0.2) is 4.98 Å². The molecular weight excluding hydrogens is 304 g/mol. The van der Waals surface area contributed by atoms with E-state index in [1.807, 2.05) is 0 Å². The Kier molecular flexibility index (Phi) is 5.94. The maximum atomic E-state index is 6.04. The van der Waals surface area contributed by atoms with E-state index in [9.17, 15) is 0 Å². The molecule has 0 aliphatic heterocycles. The Hall–Kier alpha value is -0.650. The molecule has 0 aromatic carbocycles. The summed E-state index contributed by atoms with van der Waals surface area (Å²) in [7, 11) is 0. The molecule has 1 aromatic heterocycles. The van der Waals surface area contributed by atoms with Gasteiger partial charge in [-0.15, -0.1) is 11.3 Å². The van der Waals surface area contributed by atoms with Gasteiger partial charge >= 0.3 is 0 Å². The van der Waals surface area contributed by atoms with Crippen molar-refractivity contribution in [1.29, 1.82) is 0 Å². The van der Waals surface area contributed by atoms with E-state index >= 15 is 0 Å². The van der Waals surface area contributed by atoms with Gasteiger partial charge in [0.25, 0.3) is 0 Å². The summed E-state index contributed by atoms with van der Waals surface area (Å²) in [6.07, 6.45) is 11.2. The van der Waals surface area contributed by atoms with Gasteiger partial charge in [-0.3, -0.25) is 0 Å². The van der Waals surface area contributed by atoms with Crippen LogP contribution in [0.15, 0.2) is 0 Å². The van der Waals surface area contributed by atoms with Crippen molar-refractivity contribution in [2.45, 2.75) is 76.8 Å². The summed E-state index contributed by atoms with van der Waals surface area (Å²) >= 11 is 1.70. The fraction of sp³-hybridized carbons (Fsp3) is 0.833. The zero-order chi connectivity index (χ0) is 16.2. The Morgan fingerprint density at radius 2 is 1.96 bits per heavy atom. The predicted octanol–water partition coefficient (Wildman–Crippen LogP) is 3.20. The topological polar surface area (TPSA) is 68.2 Å². The number of fused-ring (bicyclic) bond motifs is 1. The van der Waals surface area contributed by atoms with Crippen LogP contribution in [0.25, 0.3) is 0 Å². The number of nitrogen functional groups attached to an aromatic ring is 1. The minimum atomic E-state index is 0.464. The second kappa shape index (κ2) is 7.95. The summed E-state index contributed by atoms with van der Waals surface area (Å²) in [5.74, 6) is 0.896. The molecule has 130 valence electrons. The molecule has 0 unspecified atom stereocenters. The number of aryl methyl sites for hydroxylation is 1. The standard InChI is InChI=1S/C18H32N4S/c1-2-10-22(11-9-13-3-5-14(19)6-4-13)15-7-8-16-17(12-15)23-18(20)21-16/h13-15H,2-12,19H2,1H3,(H2,20,21)/t13-,14-,15-/m0/s1. The summed E-state index contributed by atoms with van der Waals surface area (Å²) in [6, 6.07) is 1.15. The molecule has 3 rings (SSSR count). The van der Waals surface area contributed by atoms with Crippen LogP contribution in [0.3, 0.4) is 0 Å². The van der Waals surface area contributed by atoms with Gasteiger partial charge < -0.3 is 16.4 Å². The number of rotatable bonds is 6. The quantitative estimate of drug-likeness (QED) is 0.837. The largest absolute Gasteiger partial charge is 0.375 e. The third-order valence-corrected chi connectivity index (χ3v) is 6.62. The highest BCUT2D eigenvalue weighted by Crippen LogP contribution is 2.31. The minimum Gasteiger partial charge on any atom is -0.375 e. The normalized spacial score (nSPS) is 28.0. The molecule has 1 atom stereocenters. The van der Waals surface area contributed by atoms with E-state index in [2.05, 4.69) is 16.8 Å². The predicted molar refractivity (Wildman–Crippen MR) is 98.8 cm³/mol. The van der Waals surface area contributed by atoms with Crippen molar-refractivity contribution < 1.29 is 0 Å². The maximum absolute atomic E-state index is 6.04. The highest BCUT2D eigenvalue weighted by molar-refractivity contribution is 7.15. The SMILES string of the molecule is CCCN(CC[C@H]1CC[C@H](N)CC1)[C@H]1CCc2nc(N)sc2C1. The van der Waals surface area contributed by atoms with Gasteiger partial charge in [-0.2, -0.15) is 0 Å². The lowest BCUT2D eigenvalue weighted by molar-refractivity contribution is 0.159. The van der Waals surface area contributed by atoms with Crippen molar-refractivity contribution >= 4 is 16.5 Å². The first-order valence-electron chi connectivity index (χ1n) is 9.39. The van der Waals surface area contributed by atoms with Gasteiger partial charge in [0.05, 0.1) is 5.69 Å². The number of nitrogens with zero attached hydrogens (tertiary/aromatic N) is 2. The third kappa shape index (κ3) is 4.46. The van der Waals surface area contributed by atoms with Crippen LogP contribution in [0, 0.1) is 5.92 Å². The summed E-state index contributed by atoms with van der Waals surface area (Å²) in [4.78, 5) is 8.66. The van der Waals surface area contributed by atoms with Crippen molar-refractivity contribution in [1.82, 2.24) is 9.88 Å². The molecule has 5 heteroatoms. The number of thiazole rings is 1. The third-order valence-electron chi connectivity index (χ3n) is 5.67. The summed E-state index contributed by atoms with van der Waals surface area (Å²) in [5, 5.41) is 0.747. The Bertz CT molecular complexity index is 493. The molecule has 0 bridgehead atoms. The second-order valence-electron chi connectivity index (χ2n) is 7.42. The Morgan fingerprint density at radius 1 is 1.17 bits per heavy atom. The number of hydrogen-bond acceptors (Lipinski definition) is 5. The van der Waals surface area contributed by atoms with Crippen LogP contribution in [0.1, 0.15) is 62.4 Å². The van der Waals surface area contributed by atoms with E-state index in [1.54, 1.807) is 11.3 Å². The summed E-state index contributed by atoms with van der Waals surface area (Å²) in [5.41, 5.74) is 13.2. The zero-order valence-corrected chi connectivity index (χ0v) is 15.3. The second-order valence-corrected chi connectivity index (χ2v) is 8.54. The first-order chi connectivity index (χ1) is 11.2. The van der Waals surface area contributed by atoms with E-state index < -0.39 is 0 Å². The fourth-order valence-electron chi connectivity index (χ4n) is 4.28. The van der Waals surface area contributed by atoms with E-state index in [-0.39, 0.29) is 0 Å². The van der Waals surface area contributed by atoms with E-state index in [1.165, 1.54) is 68.6 Å². The van der Waals surface area contributed by atoms with Crippen molar-refractivity contribution in [2.75, 3.05) is 18.8 Å². The van der Waals surface area contributed by atoms with Crippen molar-refractivity contribution in [3.63, 3.8) is 0 Å². The van der Waals surface area contributed by atoms with Gasteiger partial charge in [0.1, 0.15) is 0 Å². The highest BCUT2D eigenvalue weighted by atomic mass is 32.1. The summed E-state index contributed by atoms with van der Waals surface area (Å²) in [6.45, 7) is 4.77. The number of nitrogens with two attached hydrogens (primary N) is 2. The monoisotopic (exact) mass is 336 g/mol. The molecular formula is C18H32N4S. The van der Waals surface area contributed by atoms with E-state index in [0.29, 0.717) is 12.1 Å². The van der Waals surface area contributed by atoms with Crippen molar-refractivity contribution in [3.8, 4) is 0 Å². The lowest BCUT2D eigenvalue weighted by atomic mass is 9.84. The smallest absolute Gasteiger partial charge is 0.180 e. The van der Waals surface area contributed by atoms with Crippen LogP contribution in [-0.2, 0) is 12.8 Å². The van der Waals surface area contributed by atoms with Crippen LogP contribution < -0.4 is 11.5 Å². The fourth-order valence-corrected chi connectivity index (χ4v) is 5.23. The van der Waals surface area contributed by atoms with Gasteiger partial charge in [-0.1, -0.05) is 6.92 Å². The van der Waals surface area contributed by atoms with Crippen LogP contribution in [0.4, 0.5) is 5.13 Å². The molecule has 0 radical (unpaired) electrons. The van der Waals surface area contributed by atoms with Crippen LogP contribution in [0.2, 0.25) is 0 Å². The molecule has 0 saturated heterocycles. The molecule has 4 N–H and O–H groups in total. The molecule has 2 aliphatic carbocycles. The Morgan fingerprint density at radius 3 is 2.70 bits per heavy atom. The summed E-state index contributed by atoms with van der Waals surface area (Å²) < 4.78 is 0. The molecule has 1 heterocycles. The lowest BCUT2D eigenvalue weighted by Crippen LogP contribution is -2.41.